The van der Waals surface area contributed by atoms with E-state index >= 15 is 0 Å². The van der Waals surface area contributed by atoms with Crippen molar-refractivity contribution < 1.29 is 43.0 Å². The molecule has 0 aromatic carbocycles. The van der Waals surface area contributed by atoms with E-state index in [2.05, 4.69) is 86.8 Å². The summed E-state index contributed by atoms with van der Waals surface area (Å²) in [5.41, 5.74) is 0. The van der Waals surface area contributed by atoms with Crippen LogP contribution < -0.4 is 0 Å². The molecule has 0 amide bonds. The van der Waals surface area contributed by atoms with Crippen molar-refractivity contribution >= 4 is 13.8 Å². The van der Waals surface area contributed by atoms with Crippen LogP contribution in [-0.4, -0.2) is 66.3 Å². The largest absolute Gasteiger partial charge is 0.472 e. The summed E-state index contributed by atoms with van der Waals surface area (Å²) in [5, 5.41) is 18.4. The monoisotopic (exact) mass is 879 g/mol. The SMILES string of the molecule is CC/C=C\C/C=C\C/C=C\C/C=C\C/C=C\C/C=C\CCCOCC(COP(=O)(O)OCC(O)CO)OC(=O)CCCCCCCCCCCCCCCCCCCCCC. The fourth-order valence-corrected chi connectivity index (χ4v) is 7.28. The number of rotatable bonds is 46. The molecule has 3 N–H and O–H groups in total. The minimum absolute atomic E-state index is 0.00795. The minimum atomic E-state index is -4.54. The first kappa shape index (κ1) is 58.9. The summed E-state index contributed by atoms with van der Waals surface area (Å²) in [6.07, 6.45) is 57.4. The normalized spacial score (nSPS) is 14.5. The second kappa shape index (κ2) is 47.4. The van der Waals surface area contributed by atoms with E-state index in [-0.39, 0.29) is 13.0 Å². The predicted octanol–water partition coefficient (Wildman–Crippen LogP) is 14.1. The number of aliphatic hydroxyl groups is 2. The average molecular weight is 879 g/mol. The Labute approximate surface area is 373 Å². The lowest BCUT2D eigenvalue weighted by molar-refractivity contribution is -0.154. The topological polar surface area (TPSA) is 132 Å². The van der Waals surface area contributed by atoms with Crippen molar-refractivity contribution in [2.45, 2.75) is 212 Å². The molecule has 0 spiro atoms. The molecule has 3 unspecified atom stereocenters. The van der Waals surface area contributed by atoms with Crippen LogP contribution in [0.25, 0.3) is 0 Å². The maximum atomic E-state index is 12.7. The van der Waals surface area contributed by atoms with Crippen molar-refractivity contribution in [3.63, 3.8) is 0 Å². The Hall–Kier alpha value is -2.10. The summed E-state index contributed by atoms with van der Waals surface area (Å²) in [6.45, 7) is 3.26. The van der Waals surface area contributed by atoms with Crippen molar-refractivity contribution in [1.82, 2.24) is 0 Å². The first-order chi connectivity index (χ1) is 29.8. The minimum Gasteiger partial charge on any atom is -0.457 e. The van der Waals surface area contributed by atoms with Gasteiger partial charge in [-0.15, -0.1) is 0 Å². The van der Waals surface area contributed by atoms with Crippen molar-refractivity contribution in [2.24, 2.45) is 0 Å². The van der Waals surface area contributed by atoms with Gasteiger partial charge in [-0.25, -0.2) is 4.57 Å². The van der Waals surface area contributed by atoms with E-state index in [1.807, 2.05) is 0 Å². The molecule has 354 valence electrons. The molecule has 61 heavy (non-hydrogen) atoms. The van der Waals surface area contributed by atoms with Gasteiger partial charge >= 0.3 is 13.8 Å². The number of phosphoric acid groups is 1. The van der Waals surface area contributed by atoms with E-state index < -0.39 is 45.8 Å². The highest BCUT2D eigenvalue weighted by atomic mass is 31.2. The third kappa shape index (κ3) is 47.2. The molecule has 0 aromatic heterocycles. The fourth-order valence-electron chi connectivity index (χ4n) is 6.49. The van der Waals surface area contributed by atoms with E-state index in [4.69, 9.17) is 23.6 Å². The number of hydrogen-bond donors (Lipinski definition) is 3. The van der Waals surface area contributed by atoms with Gasteiger partial charge in [0.2, 0.25) is 0 Å². The number of hydrogen-bond acceptors (Lipinski definition) is 8. The van der Waals surface area contributed by atoms with Gasteiger partial charge in [0.1, 0.15) is 12.2 Å². The van der Waals surface area contributed by atoms with Crippen LogP contribution in [0.4, 0.5) is 0 Å². The van der Waals surface area contributed by atoms with E-state index in [1.54, 1.807) is 0 Å². The lowest BCUT2D eigenvalue weighted by Gasteiger charge is -2.20. The molecular weight excluding hydrogens is 788 g/mol. The van der Waals surface area contributed by atoms with E-state index in [0.717, 1.165) is 70.6 Å². The number of carbonyl (C=O) groups is 1. The van der Waals surface area contributed by atoms with Crippen LogP contribution in [0.5, 0.6) is 0 Å². The van der Waals surface area contributed by atoms with Gasteiger partial charge in [-0.1, -0.05) is 209 Å². The first-order valence-electron chi connectivity index (χ1n) is 24.4. The van der Waals surface area contributed by atoms with Crippen molar-refractivity contribution in [3.05, 3.63) is 72.9 Å². The summed E-state index contributed by atoms with van der Waals surface area (Å²) >= 11 is 0. The summed E-state index contributed by atoms with van der Waals surface area (Å²) in [4.78, 5) is 22.7. The Morgan fingerprint density at radius 2 is 0.918 bits per heavy atom. The highest BCUT2D eigenvalue weighted by Crippen LogP contribution is 2.43. The van der Waals surface area contributed by atoms with Crippen LogP contribution in [-0.2, 0) is 27.9 Å². The van der Waals surface area contributed by atoms with Gasteiger partial charge in [0.15, 0.2) is 0 Å². The van der Waals surface area contributed by atoms with Crippen molar-refractivity contribution in [2.75, 3.05) is 33.0 Å². The van der Waals surface area contributed by atoms with Gasteiger partial charge in [0.25, 0.3) is 0 Å². The predicted molar refractivity (Wildman–Crippen MR) is 256 cm³/mol. The van der Waals surface area contributed by atoms with Gasteiger partial charge in [0.05, 0.1) is 26.4 Å². The van der Waals surface area contributed by atoms with E-state index in [9.17, 15) is 19.4 Å². The van der Waals surface area contributed by atoms with E-state index in [1.165, 1.54) is 109 Å². The molecule has 10 heteroatoms. The number of unbranched alkanes of at least 4 members (excludes halogenated alkanes) is 20. The van der Waals surface area contributed by atoms with Crippen LogP contribution in [0.3, 0.4) is 0 Å². The quantitative estimate of drug-likeness (QED) is 0.0237. The zero-order valence-corrected chi connectivity index (χ0v) is 39.8. The van der Waals surface area contributed by atoms with Crippen LogP contribution in [0.1, 0.15) is 200 Å². The molecule has 0 saturated carbocycles. The zero-order chi connectivity index (χ0) is 44.6. The number of aliphatic hydroxyl groups excluding tert-OH is 2. The molecular formula is C51H91O9P. The standard InChI is InChI=1S/C51H91O9P/c1-3-5-7-9-11-13-15-17-19-21-23-25-27-29-31-33-35-37-39-41-43-51(54)60-50(48-59-61(55,56)58-46-49(53)45-52)47-57-44-42-40-38-36-34-32-30-28-26-24-22-20-18-16-14-12-10-8-6-4-2/h6,8,12,14,18,20,24,26,30,32,36,38,49-50,52-53H,3-5,7,9-11,13,15-17,19,21-23,25,27-29,31,33-35,37,39-48H2,1-2H3,(H,55,56)/b8-6-,14-12-,20-18-,26-24-,32-30-,38-36-. The van der Waals surface area contributed by atoms with Crippen LogP contribution in [0.15, 0.2) is 72.9 Å². The van der Waals surface area contributed by atoms with E-state index in [0.29, 0.717) is 6.61 Å². The Morgan fingerprint density at radius 1 is 0.525 bits per heavy atom. The molecule has 0 aliphatic heterocycles. The summed E-state index contributed by atoms with van der Waals surface area (Å²) in [6, 6.07) is 0. The molecule has 0 radical (unpaired) electrons. The van der Waals surface area contributed by atoms with Crippen LogP contribution in [0, 0.1) is 0 Å². The number of carbonyl (C=O) groups excluding carboxylic acids is 1. The highest BCUT2D eigenvalue weighted by Gasteiger charge is 2.26. The van der Waals surface area contributed by atoms with Crippen molar-refractivity contribution in [3.8, 4) is 0 Å². The third-order valence-electron chi connectivity index (χ3n) is 10.2. The van der Waals surface area contributed by atoms with Gasteiger partial charge < -0.3 is 24.6 Å². The number of phosphoric ester groups is 1. The highest BCUT2D eigenvalue weighted by molar-refractivity contribution is 7.47. The lowest BCUT2D eigenvalue weighted by atomic mass is 10.0. The third-order valence-corrected chi connectivity index (χ3v) is 11.1. The van der Waals surface area contributed by atoms with Gasteiger partial charge in [-0.2, -0.15) is 0 Å². The second-order valence-electron chi connectivity index (χ2n) is 16.1. The average Bonchev–Trinajstić information content (AvgIpc) is 3.25. The molecule has 0 rings (SSSR count). The fraction of sp³-hybridized carbons (Fsp3) is 0.745. The maximum absolute atomic E-state index is 12.7. The van der Waals surface area contributed by atoms with Gasteiger partial charge in [0, 0.05) is 13.0 Å². The Kier molecular flexibility index (Phi) is 45.7. The molecule has 0 saturated heterocycles. The van der Waals surface area contributed by atoms with Crippen LogP contribution >= 0.6 is 7.82 Å². The molecule has 0 aliphatic rings. The zero-order valence-electron chi connectivity index (χ0n) is 38.9. The Morgan fingerprint density at radius 3 is 1.34 bits per heavy atom. The summed E-state index contributed by atoms with van der Waals surface area (Å²) < 4.78 is 33.4. The van der Waals surface area contributed by atoms with Gasteiger partial charge in [-0.3, -0.25) is 13.8 Å². The summed E-state index contributed by atoms with van der Waals surface area (Å²) in [5.74, 6) is -0.401. The first-order valence-corrected chi connectivity index (χ1v) is 25.9. The van der Waals surface area contributed by atoms with Gasteiger partial charge in [-0.05, 0) is 57.8 Å². The smallest absolute Gasteiger partial charge is 0.457 e. The Balaban J connectivity index is 4.20. The molecule has 9 nitrogen and oxygen atoms in total. The maximum Gasteiger partial charge on any atom is 0.472 e. The number of allylic oxidation sites excluding steroid dienone is 12. The Bertz CT molecular complexity index is 1180. The van der Waals surface area contributed by atoms with Crippen LogP contribution in [0.2, 0.25) is 0 Å². The summed E-state index contributed by atoms with van der Waals surface area (Å²) in [7, 11) is -4.54. The molecule has 3 atom stereocenters. The molecule has 0 bridgehead atoms. The molecule has 0 heterocycles. The molecule has 0 aromatic rings. The van der Waals surface area contributed by atoms with Crippen molar-refractivity contribution in [1.29, 1.82) is 0 Å². The molecule has 0 fully saturated rings. The second-order valence-corrected chi connectivity index (χ2v) is 17.6. The number of ether oxygens (including phenoxy) is 2. The lowest BCUT2D eigenvalue weighted by Crippen LogP contribution is -2.29. The molecule has 0 aliphatic carbocycles. The number of esters is 1.